The van der Waals surface area contributed by atoms with Gasteiger partial charge < -0.3 is 9.84 Å². The van der Waals surface area contributed by atoms with Crippen LogP contribution in [-0.2, 0) is 0 Å². The normalized spacial score (nSPS) is 9.50. The highest BCUT2D eigenvalue weighted by Crippen LogP contribution is 2.18. The number of aromatic nitrogens is 2. The van der Waals surface area contributed by atoms with E-state index in [1.807, 2.05) is 6.07 Å². The van der Waals surface area contributed by atoms with Crippen molar-refractivity contribution < 1.29 is 14.6 Å². The molecule has 0 unspecified atom stereocenters. The molecule has 0 aliphatic rings. The van der Waals surface area contributed by atoms with E-state index in [9.17, 15) is 4.79 Å². The first-order chi connectivity index (χ1) is 8.69. The second-order valence-electron chi connectivity index (χ2n) is 3.27. The Morgan fingerprint density at radius 3 is 2.94 bits per heavy atom. The molecule has 1 aromatic carbocycles. The highest BCUT2D eigenvalue weighted by Gasteiger charge is 2.06. The van der Waals surface area contributed by atoms with E-state index in [1.54, 1.807) is 12.1 Å². The van der Waals surface area contributed by atoms with Crippen LogP contribution in [-0.4, -0.2) is 21.0 Å². The van der Waals surface area contributed by atoms with Crippen molar-refractivity contribution in [3.63, 3.8) is 0 Å². The van der Waals surface area contributed by atoms with E-state index < -0.39 is 5.97 Å². The fourth-order valence-electron chi connectivity index (χ4n) is 1.25. The van der Waals surface area contributed by atoms with Crippen LogP contribution in [0.4, 0.5) is 0 Å². The maximum atomic E-state index is 10.8. The molecule has 18 heavy (non-hydrogen) atoms. The molecule has 0 saturated heterocycles. The van der Waals surface area contributed by atoms with Crippen LogP contribution < -0.4 is 4.74 Å². The maximum Gasteiger partial charge on any atom is 0.335 e. The minimum Gasteiger partial charge on any atom is -0.478 e. The van der Waals surface area contributed by atoms with Crippen molar-refractivity contribution in [2.75, 3.05) is 0 Å². The summed E-state index contributed by atoms with van der Waals surface area (Å²) in [6.45, 7) is 0. The van der Waals surface area contributed by atoms with Gasteiger partial charge in [-0.1, -0.05) is 6.07 Å². The number of hydrogen-bond donors (Lipinski definition) is 1. The fourth-order valence-corrected chi connectivity index (χ4v) is 1.25. The minimum atomic E-state index is -1.05. The largest absolute Gasteiger partial charge is 0.478 e. The van der Waals surface area contributed by atoms with Crippen molar-refractivity contribution in [1.82, 2.24) is 9.97 Å². The lowest BCUT2D eigenvalue weighted by Crippen LogP contribution is -1.97. The summed E-state index contributed by atoms with van der Waals surface area (Å²) < 4.78 is 5.28. The monoisotopic (exact) mass is 241 g/mol. The number of nitriles is 1. The van der Waals surface area contributed by atoms with Crippen LogP contribution in [0.5, 0.6) is 11.8 Å². The number of carbonyl (C=O) groups is 1. The number of hydrogen-bond acceptors (Lipinski definition) is 5. The van der Waals surface area contributed by atoms with Gasteiger partial charge in [0.2, 0.25) is 0 Å². The predicted molar refractivity (Wildman–Crippen MR) is 60.2 cm³/mol. The Bertz CT molecular complexity index is 634. The third-order valence-electron chi connectivity index (χ3n) is 2.04. The van der Waals surface area contributed by atoms with Gasteiger partial charge in [0.25, 0.3) is 0 Å². The Hall–Kier alpha value is -2.94. The number of nitrogens with zero attached hydrogens (tertiary/aromatic N) is 3. The summed E-state index contributed by atoms with van der Waals surface area (Å²) in [6, 6.07) is 9.22. The van der Waals surface area contributed by atoms with Crippen LogP contribution in [0.1, 0.15) is 16.1 Å². The summed E-state index contributed by atoms with van der Waals surface area (Å²) in [6.07, 6.45) is 1.39. The van der Waals surface area contributed by atoms with Crippen molar-refractivity contribution in [3.8, 4) is 17.8 Å². The summed E-state index contributed by atoms with van der Waals surface area (Å²) in [4.78, 5) is 18.4. The molecule has 6 heteroatoms. The molecule has 0 bridgehead atoms. The van der Waals surface area contributed by atoms with Gasteiger partial charge in [-0.25, -0.2) is 9.78 Å². The number of carboxylic acids is 1. The van der Waals surface area contributed by atoms with Gasteiger partial charge in [-0.3, -0.25) is 0 Å². The lowest BCUT2D eigenvalue weighted by Gasteiger charge is -2.04. The summed E-state index contributed by atoms with van der Waals surface area (Å²) >= 11 is 0. The van der Waals surface area contributed by atoms with E-state index in [-0.39, 0.29) is 17.3 Å². The number of ether oxygens (including phenoxy) is 1. The first kappa shape index (κ1) is 11.5. The molecule has 6 nitrogen and oxygen atoms in total. The van der Waals surface area contributed by atoms with Gasteiger partial charge >= 0.3 is 12.0 Å². The lowest BCUT2D eigenvalue weighted by molar-refractivity contribution is 0.0696. The molecule has 1 heterocycles. The van der Waals surface area contributed by atoms with Gasteiger partial charge in [-0.2, -0.15) is 10.2 Å². The molecule has 0 amide bonds. The van der Waals surface area contributed by atoms with Gasteiger partial charge in [-0.15, -0.1) is 0 Å². The quantitative estimate of drug-likeness (QED) is 0.880. The van der Waals surface area contributed by atoms with Crippen molar-refractivity contribution in [2.45, 2.75) is 0 Å². The number of carboxylic acid groups (broad SMARTS) is 1. The predicted octanol–water partition coefficient (Wildman–Crippen LogP) is 1.84. The average molecular weight is 241 g/mol. The topological polar surface area (TPSA) is 96.1 Å². The molecule has 1 N–H and O–H groups in total. The fraction of sp³-hybridized carbons (Fsp3) is 0. The number of benzene rings is 1. The molecule has 2 rings (SSSR count). The van der Waals surface area contributed by atoms with Crippen molar-refractivity contribution >= 4 is 5.97 Å². The Morgan fingerprint density at radius 1 is 1.39 bits per heavy atom. The third kappa shape index (κ3) is 2.59. The molecule has 0 fully saturated rings. The van der Waals surface area contributed by atoms with Crippen LogP contribution in [0.25, 0.3) is 0 Å². The molecule has 2 aromatic rings. The van der Waals surface area contributed by atoms with E-state index in [0.29, 0.717) is 5.75 Å². The van der Waals surface area contributed by atoms with E-state index in [0.717, 1.165) is 0 Å². The number of aromatic carboxylic acids is 1. The Labute approximate surface area is 102 Å². The lowest BCUT2D eigenvalue weighted by atomic mass is 10.2. The third-order valence-corrected chi connectivity index (χ3v) is 2.04. The second-order valence-corrected chi connectivity index (χ2v) is 3.27. The standard InChI is InChI=1S/C12H7N3O3/c13-7-9-4-5-14-12(15-9)18-10-3-1-2-8(6-10)11(16)17/h1-6H,(H,16,17). The molecular formula is C12H7N3O3. The van der Waals surface area contributed by atoms with Gasteiger partial charge in [0.15, 0.2) is 0 Å². The van der Waals surface area contributed by atoms with Crippen LogP contribution in [0.3, 0.4) is 0 Å². The van der Waals surface area contributed by atoms with Crippen LogP contribution in [0.15, 0.2) is 36.5 Å². The molecular weight excluding hydrogens is 234 g/mol. The van der Waals surface area contributed by atoms with Crippen molar-refractivity contribution in [2.24, 2.45) is 0 Å². The molecule has 1 aromatic heterocycles. The molecule has 0 radical (unpaired) electrons. The van der Waals surface area contributed by atoms with E-state index in [2.05, 4.69) is 9.97 Å². The second kappa shape index (κ2) is 4.93. The van der Waals surface area contributed by atoms with Gasteiger partial charge in [-0.05, 0) is 24.3 Å². The molecule has 0 aliphatic heterocycles. The first-order valence-electron chi connectivity index (χ1n) is 4.93. The van der Waals surface area contributed by atoms with E-state index in [4.69, 9.17) is 15.1 Å². The van der Waals surface area contributed by atoms with Crippen molar-refractivity contribution in [3.05, 3.63) is 47.8 Å². The summed E-state index contributed by atoms with van der Waals surface area (Å²) in [5.41, 5.74) is 0.276. The zero-order valence-corrected chi connectivity index (χ0v) is 9.07. The first-order valence-corrected chi connectivity index (χ1v) is 4.93. The van der Waals surface area contributed by atoms with Crippen LogP contribution in [0.2, 0.25) is 0 Å². The summed E-state index contributed by atoms with van der Waals surface area (Å²) in [5, 5.41) is 17.5. The molecule has 0 spiro atoms. The van der Waals surface area contributed by atoms with E-state index >= 15 is 0 Å². The molecule has 0 aliphatic carbocycles. The Balaban J connectivity index is 2.26. The minimum absolute atomic E-state index is 0.00316. The number of rotatable bonds is 3. The zero-order chi connectivity index (χ0) is 13.0. The Morgan fingerprint density at radius 2 is 2.22 bits per heavy atom. The van der Waals surface area contributed by atoms with Crippen LogP contribution >= 0.6 is 0 Å². The molecule has 0 atom stereocenters. The van der Waals surface area contributed by atoms with E-state index in [1.165, 1.54) is 24.4 Å². The zero-order valence-electron chi connectivity index (χ0n) is 9.07. The smallest absolute Gasteiger partial charge is 0.335 e. The molecule has 0 saturated carbocycles. The average Bonchev–Trinajstić information content (AvgIpc) is 2.39. The Kier molecular flexibility index (Phi) is 3.16. The SMILES string of the molecule is N#Cc1ccnc(Oc2cccc(C(=O)O)c2)n1. The maximum absolute atomic E-state index is 10.8. The highest BCUT2D eigenvalue weighted by molar-refractivity contribution is 5.88. The highest BCUT2D eigenvalue weighted by atomic mass is 16.5. The molecule has 88 valence electrons. The van der Waals surface area contributed by atoms with Gasteiger partial charge in [0, 0.05) is 6.20 Å². The van der Waals surface area contributed by atoms with Gasteiger partial charge in [0.1, 0.15) is 17.5 Å². The van der Waals surface area contributed by atoms with Gasteiger partial charge in [0.05, 0.1) is 5.56 Å². The van der Waals surface area contributed by atoms with Crippen molar-refractivity contribution in [1.29, 1.82) is 5.26 Å². The summed E-state index contributed by atoms with van der Waals surface area (Å²) in [7, 11) is 0. The van der Waals surface area contributed by atoms with Crippen LogP contribution in [0, 0.1) is 11.3 Å². The summed E-state index contributed by atoms with van der Waals surface area (Å²) in [5.74, 6) is -0.753.